The van der Waals surface area contributed by atoms with Gasteiger partial charge in [-0.05, 0) is 66.3 Å². The molecule has 5 nitrogen and oxygen atoms in total. The molecule has 154 valence electrons. The summed E-state index contributed by atoms with van der Waals surface area (Å²) in [5, 5.41) is 12.5. The van der Waals surface area contributed by atoms with Crippen LogP contribution in [0.3, 0.4) is 0 Å². The summed E-state index contributed by atoms with van der Waals surface area (Å²) in [6.07, 6.45) is 4.25. The number of ether oxygens (including phenoxy) is 2. The Morgan fingerprint density at radius 1 is 1.10 bits per heavy atom. The average Bonchev–Trinajstić information content (AvgIpc) is 3.04. The number of aromatic hydroxyl groups is 1. The highest BCUT2D eigenvalue weighted by molar-refractivity contribution is 5.94. The van der Waals surface area contributed by atoms with Crippen molar-refractivity contribution in [2.75, 3.05) is 0 Å². The lowest BCUT2D eigenvalue weighted by Crippen LogP contribution is -2.38. The summed E-state index contributed by atoms with van der Waals surface area (Å²) in [6.45, 7) is 5.79. The first-order valence-corrected chi connectivity index (χ1v) is 10.6. The smallest absolute Gasteiger partial charge is 0.310 e. The van der Waals surface area contributed by atoms with E-state index in [0.29, 0.717) is 24.0 Å². The lowest BCUT2D eigenvalue weighted by atomic mass is 9.65. The van der Waals surface area contributed by atoms with Crippen molar-refractivity contribution < 1.29 is 24.2 Å². The summed E-state index contributed by atoms with van der Waals surface area (Å²) in [5.41, 5.74) is 2.31. The van der Waals surface area contributed by atoms with E-state index in [4.69, 9.17) is 9.47 Å². The molecule has 1 fully saturated rings. The summed E-state index contributed by atoms with van der Waals surface area (Å²) in [6, 6.07) is 7.35. The largest absolute Gasteiger partial charge is 0.507 e. The second kappa shape index (κ2) is 7.36. The molecule has 2 aliphatic carbocycles. The molecule has 0 bridgehead atoms. The van der Waals surface area contributed by atoms with Crippen molar-refractivity contribution in [3.63, 3.8) is 0 Å². The zero-order valence-corrected chi connectivity index (χ0v) is 17.3. The second-order valence-corrected chi connectivity index (χ2v) is 8.47. The number of rotatable bonds is 4. The fraction of sp³-hybridized carbons (Fsp3) is 0.500. The van der Waals surface area contributed by atoms with Crippen LogP contribution in [0.15, 0.2) is 24.3 Å². The van der Waals surface area contributed by atoms with Gasteiger partial charge in [0.25, 0.3) is 0 Å². The van der Waals surface area contributed by atoms with Crippen molar-refractivity contribution in [2.24, 2.45) is 5.41 Å². The van der Waals surface area contributed by atoms with Gasteiger partial charge in [-0.15, -0.1) is 0 Å². The van der Waals surface area contributed by atoms with Crippen molar-refractivity contribution in [1.82, 2.24) is 0 Å². The summed E-state index contributed by atoms with van der Waals surface area (Å²) in [7, 11) is 0. The molecule has 2 aromatic rings. The van der Waals surface area contributed by atoms with Crippen LogP contribution in [-0.2, 0) is 20.7 Å². The summed E-state index contributed by atoms with van der Waals surface area (Å²) >= 11 is 0. The minimum absolute atomic E-state index is 0.0678. The normalized spacial score (nSPS) is 25.3. The van der Waals surface area contributed by atoms with Crippen LogP contribution in [0.1, 0.15) is 69.9 Å². The summed E-state index contributed by atoms with van der Waals surface area (Å²) in [5.74, 6) is 0.474. The third kappa shape index (κ3) is 3.26. The molecule has 0 radical (unpaired) electrons. The maximum atomic E-state index is 11.9. The van der Waals surface area contributed by atoms with Crippen LogP contribution in [-0.4, -0.2) is 23.1 Å². The van der Waals surface area contributed by atoms with Crippen LogP contribution in [0.5, 0.6) is 11.5 Å². The second-order valence-electron chi connectivity index (χ2n) is 8.47. The van der Waals surface area contributed by atoms with E-state index >= 15 is 0 Å². The topological polar surface area (TPSA) is 72.8 Å². The van der Waals surface area contributed by atoms with E-state index in [2.05, 4.69) is 6.92 Å². The summed E-state index contributed by atoms with van der Waals surface area (Å²) in [4.78, 5) is 23.5. The monoisotopic (exact) mass is 396 g/mol. The third-order valence-corrected chi connectivity index (χ3v) is 6.85. The van der Waals surface area contributed by atoms with Gasteiger partial charge in [-0.2, -0.15) is 0 Å². The van der Waals surface area contributed by atoms with Gasteiger partial charge in [0.05, 0.1) is 0 Å². The van der Waals surface area contributed by atoms with Crippen molar-refractivity contribution in [2.45, 2.75) is 71.3 Å². The van der Waals surface area contributed by atoms with Crippen LogP contribution in [0.4, 0.5) is 0 Å². The van der Waals surface area contributed by atoms with Crippen molar-refractivity contribution in [3.05, 3.63) is 35.4 Å². The Hall–Kier alpha value is -2.56. The van der Waals surface area contributed by atoms with Gasteiger partial charge in [-0.3, -0.25) is 9.59 Å². The molecule has 0 spiro atoms. The molecule has 0 aliphatic heterocycles. The van der Waals surface area contributed by atoms with E-state index in [1.807, 2.05) is 19.1 Å². The maximum Gasteiger partial charge on any atom is 0.310 e. The fourth-order valence-corrected chi connectivity index (χ4v) is 5.20. The van der Waals surface area contributed by atoms with Crippen LogP contribution < -0.4 is 4.74 Å². The van der Waals surface area contributed by atoms with Gasteiger partial charge < -0.3 is 14.6 Å². The Bertz CT molecular complexity index is 979. The highest BCUT2D eigenvalue weighted by atomic mass is 16.5. The number of benzene rings is 2. The van der Waals surface area contributed by atoms with E-state index in [0.717, 1.165) is 36.6 Å². The highest BCUT2D eigenvalue weighted by Gasteiger charge is 2.51. The molecule has 0 amide bonds. The Labute approximate surface area is 171 Å². The quantitative estimate of drug-likeness (QED) is 0.581. The standard InChI is InChI=1S/C24H28O5/c1-4-22(26)28-14-6-7-15-16-10-11-24(3)19(8-9-21(24)29-23(27)5-2)17(16)13-20(25)18(15)12-14/h6-7,12-13,19,21,25H,4-5,8-11H2,1-3H3. The van der Waals surface area contributed by atoms with E-state index < -0.39 is 0 Å². The zero-order valence-electron chi connectivity index (χ0n) is 17.3. The molecule has 3 unspecified atom stereocenters. The molecule has 2 aliphatic rings. The maximum absolute atomic E-state index is 11.9. The van der Waals surface area contributed by atoms with E-state index in [1.165, 1.54) is 5.56 Å². The molecular weight excluding hydrogens is 368 g/mol. The zero-order chi connectivity index (χ0) is 20.8. The number of phenolic OH excluding ortho intramolecular Hbond substituents is 1. The molecule has 0 heterocycles. The van der Waals surface area contributed by atoms with Crippen molar-refractivity contribution in [3.8, 4) is 11.5 Å². The number of esters is 2. The van der Waals surface area contributed by atoms with Crippen LogP contribution in [0, 0.1) is 5.41 Å². The fourth-order valence-electron chi connectivity index (χ4n) is 5.20. The molecule has 3 atom stereocenters. The molecule has 0 aromatic heterocycles. The van der Waals surface area contributed by atoms with E-state index in [-0.39, 0.29) is 35.1 Å². The minimum Gasteiger partial charge on any atom is -0.507 e. The number of hydrogen-bond acceptors (Lipinski definition) is 5. The van der Waals surface area contributed by atoms with Gasteiger partial charge in [0.1, 0.15) is 17.6 Å². The number of phenols is 1. The first-order valence-electron chi connectivity index (χ1n) is 10.6. The first-order chi connectivity index (χ1) is 13.9. The van der Waals surface area contributed by atoms with Gasteiger partial charge in [0.2, 0.25) is 0 Å². The predicted molar refractivity (Wildman–Crippen MR) is 110 cm³/mol. The molecule has 29 heavy (non-hydrogen) atoms. The Morgan fingerprint density at radius 2 is 1.86 bits per heavy atom. The number of carbonyl (C=O) groups is 2. The number of hydrogen-bond donors (Lipinski definition) is 1. The predicted octanol–water partition coefficient (Wildman–Crippen LogP) is 5.01. The average molecular weight is 396 g/mol. The third-order valence-electron chi connectivity index (χ3n) is 6.85. The molecule has 1 saturated carbocycles. The van der Waals surface area contributed by atoms with Crippen LogP contribution >= 0.6 is 0 Å². The van der Waals surface area contributed by atoms with Gasteiger partial charge in [-0.1, -0.05) is 26.8 Å². The van der Waals surface area contributed by atoms with Crippen LogP contribution in [0.2, 0.25) is 0 Å². The Kier molecular flexibility index (Phi) is 5.01. The summed E-state index contributed by atoms with van der Waals surface area (Å²) < 4.78 is 11.1. The molecule has 4 rings (SSSR count). The Morgan fingerprint density at radius 3 is 2.59 bits per heavy atom. The van der Waals surface area contributed by atoms with Crippen LogP contribution in [0.25, 0.3) is 10.8 Å². The van der Waals surface area contributed by atoms with Gasteiger partial charge in [0, 0.05) is 23.6 Å². The SMILES string of the molecule is CCC(=O)Oc1ccc2c3c(cc(O)c2c1)C1CCC(OC(=O)CC)C1(C)CC3. The number of fused-ring (bicyclic) bond motifs is 5. The first kappa shape index (κ1) is 19.7. The van der Waals surface area contributed by atoms with Crippen molar-refractivity contribution in [1.29, 1.82) is 0 Å². The Balaban J connectivity index is 1.72. The van der Waals surface area contributed by atoms with Gasteiger partial charge >= 0.3 is 11.9 Å². The van der Waals surface area contributed by atoms with E-state index in [9.17, 15) is 14.7 Å². The molecule has 1 N–H and O–H groups in total. The molecule has 0 saturated heterocycles. The van der Waals surface area contributed by atoms with E-state index in [1.54, 1.807) is 19.1 Å². The molecular formula is C24H28O5. The molecule has 5 heteroatoms. The molecule has 2 aromatic carbocycles. The van der Waals surface area contributed by atoms with Gasteiger partial charge in [-0.25, -0.2) is 0 Å². The number of aryl methyl sites for hydroxylation is 1. The number of carbonyl (C=O) groups excluding carboxylic acids is 2. The van der Waals surface area contributed by atoms with Gasteiger partial charge in [0.15, 0.2) is 0 Å². The minimum atomic E-state index is -0.295. The lowest BCUT2D eigenvalue weighted by Gasteiger charge is -2.41. The highest BCUT2D eigenvalue weighted by Crippen LogP contribution is 2.58. The lowest BCUT2D eigenvalue weighted by molar-refractivity contribution is -0.154. The van der Waals surface area contributed by atoms with Crippen molar-refractivity contribution >= 4 is 22.7 Å².